The third-order valence-corrected chi connectivity index (χ3v) is 3.30. The van der Waals surface area contributed by atoms with Crippen molar-refractivity contribution in [3.8, 4) is 11.8 Å². The summed E-state index contributed by atoms with van der Waals surface area (Å²) in [7, 11) is 1.57. The number of amides is 2. The summed E-state index contributed by atoms with van der Waals surface area (Å²) in [6.45, 7) is 1.41. The van der Waals surface area contributed by atoms with Crippen LogP contribution >= 0.6 is 0 Å². The summed E-state index contributed by atoms with van der Waals surface area (Å²) in [5, 5.41) is 17.3. The predicted octanol–water partition coefficient (Wildman–Crippen LogP) is 3.11. The second-order valence-electron chi connectivity index (χ2n) is 5.26. The van der Waals surface area contributed by atoms with Crippen molar-refractivity contribution < 1.29 is 14.3 Å². The minimum Gasteiger partial charge on any atom is -0.497 e. The van der Waals surface area contributed by atoms with Gasteiger partial charge in [-0.05, 0) is 48.5 Å². The summed E-state index contributed by atoms with van der Waals surface area (Å²) in [6.07, 6.45) is 1.34. The molecule has 2 amide bonds. The number of rotatable bonds is 6. The zero-order valence-corrected chi connectivity index (χ0v) is 14.4. The molecule has 7 nitrogen and oxygen atoms in total. The van der Waals surface area contributed by atoms with Crippen LogP contribution in [0.25, 0.3) is 0 Å². The van der Waals surface area contributed by atoms with Crippen molar-refractivity contribution in [2.45, 2.75) is 6.92 Å². The standard InChI is InChI=1S/C19H18N4O3/c1-13(24)22-16-3-5-17(6-4-16)23-19(25)14(11-20)12-21-15-7-9-18(26-2)10-8-15/h3-10,12,21H,1-2H3,(H,22,24)(H,23,25)/b14-12-. The van der Waals surface area contributed by atoms with Crippen LogP contribution in [0.5, 0.6) is 5.75 Å². The third kappa shape index (κ3) is 5.39. The van der Waals surface area contributed by atoms with Gasteiger partial charge in [0.25, 0.3) is 5.91 Å². The number of nitrogens with one attached hydrogen (secondary N) is 3. The quantitative estimate of drug-likeness (QED) is 0.549. The fraction of sp³-hybridized carbons (Fsp3) is 0.105. The summed E-state index contributed by atoms with van der Waals surface area (Å²) in [6, 6.07) is 15.5. The maximum atomic E-state index is 12.2. The van der Waals surface area contributed by atoms with Gasteiger partial charge in [0.2, 0.25) is 5.91 Å². The van der Waals surface area contributed by atoms with E-state index in [1.807, 2.05) is 6.07 Å². The van der Waals surface area contributed by atoms with E-state index >= 15 is 0 Å². The molecule has 0 heterocycles. The lowest BCUT2D eigenvalue weighted by molar-refractivity contribution is -0.114. The van der Waals surface area contributed by atoms with E-state index in [9.17, 15) is 14.9 Å². The smallest absolute Gasteiger partial charge is 0.267 e. The maximum absolute atomic E-state index is 12.2. The number of anilines is 3. The summed E-state index contributed by atoms with van der Waals surface area (Å²) in [4.78, 5) is 23.2. The van der Waals surface area contributed by atoms with Gasteiger partial charge in [-0.1, -0.05) is 0 Å². The van der Waals surface area contributed by atoms with Crippen LogP contribution in [0.4, 0.5) is 17.1 Å². The van der Waals surface area contributed by atoms with Crippen molar-refractivity contribution in [1.82, 2.24) is 0 Å². The van der Waals surface area contributed by atoms with E-state index in [1.54, 1.807) is 55.6 Å². The Hall–Kier alpha value is -3.79. The van der Waals surface area contributed by atoms with E-state index in [-0.39, 0.29) is 11.5 Å². The number of carbonyl (C=O) groups excluding carboxylic acids is 2. The number of nitrogens with zero attached hydrogens (tertiary/aromatic N) is 1. The average Bonchev–Trinajstić information content (AvgIpc) is 2.64. The minimum absolute atomic E-state index is 0.0771. The SMILES string of the molecule is COc1ccc(N/C=C(/C#N)C(=O)Nc2ccc(NC(C)=O)cc2)cc1. The van der Waals surface area contributed by atoms with E-state index in [4.69, 9.17) is 4.74 Å². The van der Waals surface area contributed by atoms with Crippen LogP contribution in [-0.4, -0.2) is 18.9 Å². The zero-order valence-electron chi connectivity index (χ0n) is 14.4. The number of nitriles is 1. The molecule has 0 saturated heterocycles. The van der Waals surface area contributed by atoms with Gasteiger partial charge in [0.1, 0.15) is 17.4 Å². The Morgan fingerprint density at radius 1 is 0.962 bits per heavy atom. The molecule has 0 unspecified atom stereocenters. The molecule has 0 aliphatic rings. The molecule has 0 aliphatic heterocycles. The van der Waals surface area contributed by atoms with Gasteiger partial charge in [-0.2, -0.15) is 5.26 Å². The lowest BCUT2D eigenvalue weighted by atomic mass is 10.2. The lowest BCUT2D eigenvalue weighted by Gasteiger charge is -2.07. The van der Waals surface area contributed by atoms with Crippen molar-refractivity contribution in [2.75, 3.05) is 23.1 Å². The molecule has 3 N–H and O–H groups in total. The Bertz CT molecular complexity index is 850. The first-order valence-corrected chi connectivity index (χ1v) is 7.71. The number of benzene rings is 2. The maximum Gasteiger partial charge on any atom is 0.267 e. The fourth-order valence-electron chi connectivity index (χ4n) is 2.03. The van der Waals surface area contributed by atoms with E-state index < -0.39 is 5.91 Å². The fourth-order valence-corrected chi connectivity index (χ4v) is 2.03. The predicted molar refractivity (Wildman–Crippen MR) is 99.7 cm³/mol. The molecule has 2 aromatic carbocycles. The van der Waals surface area contributed by atoms with Crippen molar-refractivity contribution >= 4 is 28.9 Å². The van der Waals surface area contributed by atoms with Crippen LogP contribution in [0.3, 0.4) is 0 Å². The van der Waals surface area contributed by atoms with Crippen LogP contribution in [0.1, 0.15) is 6.92 Å². The van der Waals surface area contributed by atoms with Crippen LogP contribution in [-0.2, 0) is 9.59 Å². The summed E-state index contributed by atoms with van der Waals surface area (Å²) in [5.41, 5.74) is 1.76. The molecular weight excluding hydrogens is 332 g/mol. The Morgan fingerprint density at radius 3 is 2.00 bits per heavy atom. The largest absolute Gasteiger partial charge is 0.497 e. The first-order chi connectivity index (χ1) is 12.5. The molecule has 132 valence electrons. The van der Waals surface area contributed by atoms with E-state index in [2.05, 4.69) is 16.0 Å². The van der Waals surface area contributed by atoms with Gasteiger partial charge < -0.3 is 20.7 Å². The van der Waals surface area contributed by atoms with Gasteiger partial charge in [0.05, 0.1) is 7.11 Å². The van der Waals surface area contributed by atoms with E-state index in [0.29, 0.717) is 22.8 Å². The number of hydrogen-bond acceptors (Lipinski definition) is 5. The van der Waals surface area contributed by atoms with Crippen LogP contribution in [0.15, 0.2) is 60.3 Å². The molecule has 0 aromatic heterocycles. The van der Waals surface area contributed by atoms with Crippen LogP contribution in [0.2, 0.25) is 0 Å². The van der Waals surface area contributed by atoms with Gasteiger partial charge in [-0.25, -0.2) is 0 Å². The number of carbonyl (C=O) groups is 2. The van der Waals surface area contributed by atoms with E-state index in [1.165, 1.54) is 13.1 Å². The molecule has 7 heteroatoms. The highest BCUT2D eigenvalue weighted by atomic mass is 16.5. The zero-order chi connectivity index (χ0) is 18.9. The molecular formula is C19H18N4O3. The summed E-state index contributed by atoms with van der Waals surface area (Å²) < 4.78 is 5.07. The van der Waals surface area contributed by atoms with Gasteiger partial charge >= 0.3 is 0 Å². The van der Waals surface area contributed by atoms with Crippen LogP contribution in [0, 0.1) is 11.3 Å². The van der Waals surface area contributed by atoms with E-state index in [0.717, 1.165) is 0 Å². The van der Waals surface area contributed by atoms with Crippen molar-refractivity contribution in [1.29, 1.82) is 5.26 Å². The Balaban J connectivity index is 2.00. The highest BCUT2D eigenvalue weighted by molar-refractivity contribution is 6.06. The van der Waals surface area contributed by atoms with Crippen molar-refractivity contribution in [3.63, 3.8) is 0 Å². The molecule has 0 bridgehead atoms. The summed E-state index contributed by atoms with van der Waals surface area (Å²) in [5.74, 6) is -0.0117. The molecule has 0 atom stereocenters. The molecule has 2 aromatic rings. The molecule has 26 heavy (non-hydrogen) atoms. The highest BCUT2D eigenvalue weighted by Gasteiger charge is 2.09. The average molecular weight is 350 g/mol. The lowest BCUT2D eigenvalue weighted by Crippen LogP contribution is -2.14. The molecule has 0 spiro atoms. The topological polar surface area (TPSA) is 103 Å². The van der Waals surface area contributed by atoms with Gasteiger partial charge in [0, 0.05) is 30.2 Å². The molecule has 0 aliphatic carbocycles. The Labute approximate surface area is 151 Å². The molecule has 0 fully saturated rings. The molecule has 0 radical (unpaired) electrons. The second-order valence-corrected chi connectivity index (χ2v) is 5.26. The Morgan fingerprint density at radius 2 is 1.50 bits per heavy atom. The van der Waals surface area contributed by atoms with Gasteiger partial charge in [-0.3, -0.25) is 9.59 Å². The van der Waals surface area contributed by atoms with Gasteiger partial charge in [0.15, 0.2) is 0 Å². The summed E-state index contributed by atoms with van der Waals surface area (Å²) >= 11 is 0. The van der Waals surface area contributed by atoms with Gasteiger partial charge in [-0.15, -0.1) is 0 Å². The Kier molecular flexibility index (Phi) is 6.34. The van der Waals surface area contributed by atoms with Crippen molar-refractivity contribution in [3.05, 3.63) is 60.3 Å². The number of methoxy groups -OCH3 is 1. The molecule has 2 rings (SSSR count). The van der Waals surface area contributed by atoms with Crippen LogP contribution < -0.4 is 20.7 Å². The highest BCUT2D eigenvalue weighted by Crippen LogP contribution is 2.16. The first-order valence-electron chi connectivity index (χ1n) is 7.71. The minimum atomic E-state index is -0.541. The first kappa shape index (κ1) is 18.5. The normalized spacial score (nSPS) is 10.4. The monoisotopic (exact) mass is 350 g/mol. The van der Waals surface area contributed by atoms with Crippen molar-refractivity contribution in [2.24, 2.45) is 0 Å². The second kappa shape index (κ2) is 8.89. The number of hydrogen-bond donors (Lipinski definition) is 3. The molecule has 0 saturated carbocycles. The number of ether oxygens (including phenoxy) is 1. The third-order valence-electron chi connectivity index (χ3n) is 3.30.